The molecule has 352 valence electrons. The lowest BCUT2D eigenvalue weighted by molar-refractivity contribution is -0.192. The quantitative estimate of drug-likeness (QED) is 0.0546. The lowest BCUT2D eigenvalue weighted by atomic mass is 10.1. The van der Waals surface area contributed by atoms with Gasteiger partial charge in [0.2, 0.25) is 0 Å². The van der Waals surface area contributed by atoms with Crippen molar-refractivity contribution in [2.45, 2.75) is 26.9 Å². The molecule has 0 aliphatic rings. The molecule has 0 amide bonds. The second kappa shape index (κ2) is 24.5. The first-order valence-electron chi connectivity index (χ1n) is 20.7. The van der Waals surface area contributed by atoms with Gasteiger partial charge in [0.05, 0.1) is 11.4 Å². The van der Waals surface area contributed by atoms with Gasteiger partial charge in [-0.3, -0.25) is 4.79 Å². The minimum absolute atomic E-state index is 0.0631. The molecule has 0 fully saturated rings. The van der Waals surface area contributed by atoms with Crippen LogP contribution in [0.15, 0.2) is 140 Å². The van der Waals surface area contributed by atoms with E-state index in [1.807, 2.05) is 124 Å². The number of rotatable bonds is 7. The van der Waals surface area contributed by atoms with Crippen molar-refractivity contribution in [1.29, 1.82) is 0 Å². The van der Waals surface area contributed by atoms with E-state index in [9.17, 15) is 18.0 Å². The summed E-state index contributed by atoms with van der Waals surface area (Å²) in [5, 5.41) is 18.4. The number of fused-ring (bicyclic) bond motifs is 2. The van der Waals surface area contributed by atoms with Gasteiger partial charge in [0, 0.05) is 89.9 Å². The number of aromatic nitrogens is 5. The maximum Gasteiger partial charge on any atom is 0.490 e. The van der Waals surface area contributed by atoms with E-state index in [0.717, 1.165) is 67.0 Å². The Labute approximate surface area is 391 Å². The minimum atomic E-state index is -5.08. The van der Waals surface area contributed by atoms with E-state index < -0.39 is 12.1 Å². The molecule has 0 aliphatic heterocycles. The highest BCUT2D eigenvalue weighted by molar-refractivity contribution is 6.04. The zero-order chi connectivity index (χ0) is 50.0. The number of alkyl halides is 3. The average molecular weight is 927 g/mol. The third-order valence-corrected chi connectivity index (χ3v) is 9.44. The van der Waals surface area contributed by atoms with Gasteiger partial charge in [-0.25, -0.2) is 29.7 Å². The van der Waals surface area contributed by atoms with Gasteiger partial charge in [0.1, 0.15) is 23.3 Å². The van der Waals surface area contributed by atoms with Gasteiger partial charge in [-0.2, -0.15) is 13.2 Å². The fourth-order valence-electron chi connectivity index (χ4n) is 6.36. The average Bonchev–Trinajstić information content (AvgIpc) is 3.31. The Morgan fingerprint density at radius 3 is 1.26 bits per heavy atom. The van der Waals surface area contributed by atoms with E-state index in [1.165, 1.54) is 0 Å². The number of hydrogen-bond acceptors (Lipinski definition) is 14. The number of aryl methyl sites for hydroxylation is 2. The van der Waals surface area contributed by atoms with Crippen LogP contribution in [0.1, 0.15) is 28.4 Å². The summed E-state index contributed by atoms with van der Waals surface area (Å²) in [5.41, 5.74) is 33.6. The molecular weight excluding hydrogens is 874 g/mol. The number of benzene rings is 3. The van der Waals surface area contributed by atoms with E-state index in [4.69, 9.17) is 32.8 Å². The molecule has 0 unspecified atom stereocenters. The zero-order valence-corrected chi connectivity index (χ0v) is 38.2. The lowest BCUT2D eigenvalue weighted by Crippen LogP contribution is -2.21. The summed E-state index contributed by atoms with van der Waals surface area (Å²) in [6.45, 7) is 5.96. The topological polar surface area (TPSA) is 259 Å². The van der Waals surface area contributed by atoms with Crippen molar-refractivity contribution in [3.63, 3.8) is 0 Å². The molecule has 0 aliphatic carbocycles. The van der Waals surface area contributed by atoms with E-state index in [1.54, 1.807) is 31.3 Å². The molecule has 15 nitrogen and oxygen atoms in total. The maximum absolute atomic E-state index is 11.2. The number of halogens is 3. The summed E-state index contributed by atoms with van der Waals surface area (Å²) in [5.74, 6) is -0.882. The van der Waals surface area contributed by atoms with Crippen LogP contribution in [-0.2, 0) is 4.79 Å². The molecule has 5 aromatic heterocycles. The van der Waals surface area contributed by atoms with Crippen molar-refractivity contribution in [1.82, 2.24) is 24.9 Å². The fraction of sp³-hybridized carbons (Fsp3) is 0.140. The zero-order valence-electron chi connectivity index (χ0n) is 38.2. The van der Waals surface area contributed by atoms with Crippen LogP contribution < -0.4 is 38.9 Å². The number of nitrogens with one attached hydrogen (secondary N) is 3. The van der Waals surface area contributed by atoms with Gasteiger partial charge in [-0.1, -0.05) is 97.1 Å². The number of carbonyl (C=O) groups excluding carboxylic acids is 1. The Kier molecular flexibility index (Phi) is 18.7. The first-order valence-corrected chi connectivity index (χ1v) is 20.7. The van der Waals surface area contributed by atoms with E-state index in [-0.39, 0.29) is 5.78 Å². The van der Waals surface area contributed by atoms with E-state index in [2.05, 4.69) is 66.9 Å². The third-order valence-electron chi connectivity index (χ3n) is 9.44. The van der Waals surface area contributed by atoms with Crippen LogP contribution in [0, 0.1) is 13.8 Å². The van der Waals surface area contributed by atoms with Gasteiger partial charge < -0.3 is 44.0 Å². The highest BCUT2D eigenvalue weighted by Gasteiger charge is 2.38. The van der Waals surface area contributed by atoms with Crippen molar-refractivity contribution in [2.24, 2.45) is 0 Å². The molecule has 0 saturated carbocycles. The molecule has 5 heterocycles. The summed E-state index contributed by atoms with van der Waals surface area (Å²) < 4.78 is 31.7. The smallest absolute Gasteiger partial charge is 0.475 e. The predicted octanol–water partition coefficient (Wildman–Crippen LogP) is 9.82. The number of carbonyl (C=O) groups is 2. The van der Waals surface area contributed by atoms with E-state index in [0.29, 0.717) is 34.6 Å². The molecule has 0 saturated heterocycles. The third kappa shape index (κ3) is 14.9. The summed E-state index contributed by atoms with van der Waals surface area (Å²) in [4.78, 5) is 41.9. The van der Waals surface area contributed by atoms with Gasteiger partial charge in [0.25, 0.3) is 0 Å². The number of anilines is 7. The molecule has 0 bridgehead atoms. The van der Waals surface area contributed by atoms with Crippen LogP contribution >= 0.6 is 0 Å². The number of carboxylic acids is 1. The molecule has 12 N–H and O–H groups in total. The van der Waals surface area contributed by atoms with Crippen molar-refractivity contribution in [3.8, 4) is 22.5 Å². The number of nitrogen functional groups attached to an aromatic ring is 4. The second-order valence-electron chi connectivity index (χ2n) is 14.5. The molecule has 0 atom stereocenters. The van der Waals surface area contributed by atoms with Crippen molar-refractivity contribution in [2.75, 3.05) is 60.0 Å². The number of nitrogens with two attached hydrogens (primary N) is 4. The largest absolute Gasteiger partial charge is 0.490 e. The number of hydrogen-bond donors (Lipinski definition) is 8. The first-order chi connectivity index (χ1) is 32.4. The van der Waals surface area contributed by atoms with Gasteiger partial charge >= 0.3 is 12.1 Å². The second-order valence-corrected chi connectivity index (χ2v) is 14.5. The molecule has 68 heavy (non-hydrogen) atoms. The molecule has 3 aromatic carbocycles. The summed E-state index contributed by atoms with van der Waals surface area (Å²) in [7, 11) is 5.55. The van der Waals surface area contributed by atoms with Crippen molar-refractivity contribution in [3.05, 3.63) is 156 Å². The van der Waals surface area contributed by atoms with Crippen LogP contribution in [0.5, 0.6) is 0 Å². The number of carboxylic acid groups (broad SMARTS) is 1. The van der Waals surface area contributed by atoms with Crippen LogP contribution in [0.4, 0.5) is 53.5 Å². The minimum Gasteiger partial charge on any atom is -0.475 e. The SMILES string of the molecule is C/C=C/C(=O)c1ccccc1.CNc1cc(N)nc(N)c1.CNc1cc(N)nc2nc(-c3ccccc3)cc(C)c12.CNc1cc(N)nc2nc(-c3ccccc3)cc(C)c12.O=C(O)C(F)(F)F. The standard InChI is InChI=1S/2C16H16N4.C10H10O.C6H10N4.C2HF3O2/c2*1-10-8-12(11-6-4-3-5-7-11)19-16-15(10)13(18-2)9-14(17)20-16;1-2-6-10(11)9-7-4-3-5-8-9;1-9-4-2-5(7)10-6(8)3-4;3-2(4,5)1(6)7/h2*3-9H,1-2H3,(H3,17,18,19,20);2-8H,1H3;2-3H,1H3,(H5,7,8,9,10);(H,6,7)/b;;6-2+;;. The monoisotopic (exact) mass is 926 g/mol. The van der Waals surface area contributed by atoms with Gasteiger partial charge in [-0.05, 0) is 50.1 Å². The predicted molar refractivity (Wildman–Crippen MR) is 269 cm³/mol. The van der Waals surface area contributed by atoms with Crippen molar-refractivity contribution >= 4 is 74.2 Å². The number of pyridine rings is 5. The van der Waals surface area contributed by atoms with Gasteiger partial charge in [-0.15, -0.1) is 0 Å². The van der Waals surface area contributed by atoms with Crippen LogP contribution in [0.2, 0.25) is 0 Å². The number of allylic oxidation sites excluding steroid dienone is 2. The number of ketones is 1. The summed E-state index contributed by atoms with van der Waals surface area (Å²) in [6.07, 6.45) is -1.77. The molecule has 8 rings (SSSR count). The van der Waals surface area contributed by atoms with Crippen LogP contribution in [0.25, 0.3) is 44.6 Å². The summed E-state index contributed by atoms with van der Waals surface area (Å²) >= 11 is 0. The molecule has 18 heteroatoms. The molecular formula is C50H53F3N12O3. The Morgan fingerprint density at radius 2 is 0.926 bits per heavy atom. The molecule has 0 spiro atoms. The van der Waals surface area contributed by atoms with E-state index >= 15 is 0 Å². The Morgan fingerprint density at radius 1 is 0.559 bits per heavy atom. The van der Waals surface area contributed by atoms with Crippen LogP contribution in [-0.4, -0.2) is 69.1 Å². The van der Waals surface area contributed by atoms with Crippen molar-refractivity contribution < 1.29 is 27.9 Å². The first kappa shape index (κ1) is 51.8. The fourth-order valence-corrected chi connectivity index (χ4v) is 6.36. The number of nitrogens with zero attached hydrogens (tertiary/aromatic N) is 5. The Bertz CT molecular complexity index is 2820. The highest BCUT2D eigenvalue weighted by atomic mass is 19.4. The maximum atomic E-state index is 11.2. The molecule has 0 radical (unpaired) electrons. The normalized spacial score (nSPS) is 10.5. The Hall–Kier alpha value is -8.80. The highest BCUT2D eigenvalue weighted by Crippen LogP contribution is 2.31. The number of aliphatic carboxylic acids is 1. The lowest BCUT2D eigenvalue weighted by Gasteiger charge is -2.11. The van der Waals surface area contributed by atoms with Crippen LogP contribution in [0.3, 0.4) is 0 Å². The molecule has 8 aromatic rings. The van der Waals surface area contributed by atoms with Gasteiger partial charge in [0.15, 0.2) is 17.1 Å². The summed E-state index contributed by atoms with van der Waals surface area (Å²) in [6, 6.07) is 40.6. The Balaban J connectivity index is 0.000000196.